The zero-order valence-electron chi connectivity index (χ0n) is 11.1. The average Bonchev–Trinajstić information content (AvgIpc) is 2.39. The summed E-state index contributed by atoms with van der Waals surface area (Å²) in [5, 5.41) is 0. The van der Waals surface area contributed by atoms with E-state index in [4.69, 9.17) is 15.2 Å². The monoisotopic (exact) mass is 252 g/mol. The second-order valence-electron chi connectivity index (χ2n) is 3.97. The minimum atomic E-state index is 0.0235. The first-order chi connectivity index (χ1) is 8.62. The second-order valence-corrected chi connectivity index (χ2v) is 3.97. The van der Waals surface area contributed by atoms with Crippen molar-refractivity contribution < 1.29 is 14.3 Å². The van der Waals surface area contributed by atoms with Crippen molar-refractivity contribution in [2.45, 2.75) is 13.0 Å². The number of benzene rings is 1. The van der Waals surface area contributed by atoms with Crippen molar-refractivity contribution in [1.82, 2.24) is 4.90 Å². The third-order valence-electron chi connectivity index (χ3n) is 2.69. The van der Waals surface area contributed by atoms with Crippen molar-refractivity contribution in [2.75, 3.05) is 27.8 Å². The highest BCUT2D eigenvalue weighted by Crippen LogP contribution is 2.25. The largest absolute Gasteiger partial charge is 0.497 e. The van der Waals surface area contributed by atoms with E-state index in [0.717, 1.165) is 11.3 Å². The lowest BCUT2D eigenvalue weighted by atomic mass is 10.1. The number of nitrogens with two attached hydrogens (primary N) is 1. The molecule has 0 aliphatic heterocycles. The van der Waals surface area contributed by atoms with Gasteiger partial charge in [-0.3, -0.25) is 4.79 Å². The van der Waals surface area contributed by atoms with Gasteiger partial charge in [0.2, 0.25) is 5.91 Å². The van der Waals surface area contributed by atoms with Crippen LogP contribution in [-0.4, -0.2) is 38.6 Å². The number of hydrogen-bond acceptors (Lipinski definition) is 4. The highest BCUT2D eigenvalue weighted by atomic mass is 16.5. The summed E-state index contributed by atoms with van der Waals surface area (Å²) in [5.74, 6) is 1.46. The Morgan fingerprint density at radius 3 is 2.61 bits per heavy atom. The molecule has 100 valence electrons. The third kappa shape index (κ3) is 3.63. The van der Waals surface area contributed by atoms with Crippen LogP contribution >= 0.6 is 0 Å². The van der Waals surface area contributed by atoms with E-state index < -0.39 is 0 Å². The Labute approximate surface area is 107 Å². The van der Waals surface area contributed by atoms with E-state index in [9.17, 15) is 4.79 Å². The molecule has 0 aliphatic carbocycles. The quantitative estimate of drug-likeness (QED) is 0.820. The van der Waals surface area contributed by atoms with Crippen LogP contribution in [0.15, 0.2) is 18.2 Å². The van der Waals surface area contributed by atoms with Crippen molar-refractivity contribution in [2.24, 2.45) is 5.73 Å². The van der Waals surface area contributed by atoms with Crippen LogP contribution in [0.3, 0.4) is 0 Å². The summed E-state index contributed by atoms with van der Waals surface area (Å²) in [6.07, 6.45) is 0.356. The number of rotatable bonds is 6. The highest BCUT2D eigenvalue weighted by molar-refractivity contribution is 5.76. The maximum absolute atomic E-state index is 11.7. The molecule has 1 aromatic carbocycles. The van der Waals surface area contributed by atoms with E-state index in [2.05, 4.69) is 0 Å². The van der Waals surface area contributed by atoms with E-state index in [1.54, 1.807) is 32.2 Å². The smallest absolute Gasteiger partial charge is 0.223 e. The predicted octanol–water partition coefficient (Wildman–Crippen LogP) is 1.01. The fourth-order valence-electron chi connectivity index (χ4n) is 1.64. The first-order valence-corrected chi connectivity index (χ1v) is 5.77. The fraction of sp³-hybridized carbons (Fsp3) is 0.462. The molecule has 18 heavy (non-hydrogen) atoms. The van der Waals surface area contributed by atoms with E-state index in [-0.39, 0.29) is 5.91 Å². The highest BCUT2D eigenvalue weighted by Gasteiger charge is 2.11. The van der Waals surface area contributed by atoms with Crippen molar-refractivity contribution >= 4 is 5.91 Å². The van der Waals surface area contributed by atoms with Crippen molar-refractivity contribution in [3.8, 4) is 11.5 Å². The van der Waals surface area contributed by atoms with Crippen molar-refractivity contribution in [3.05, 3.63) is 23.8 Å². The van der Waals surface area contributed by atoms with Crippen LogP contribution in [0.1, 0.15) is 12.0 Å². The van der Waals surface area contributed by atoms with Crippen LogP contribution in [-0.2, 0) is 11.3 Å². The Morgan fingerprint density at radius 1 is 1.33 bits per heavy atom. The van der Waals surface area contributed by atoms with Crippen molar-refractivity contribution in [1.29, 1.82) is 0 Å². The molecule has 0 bridgehead atoms. The third-order valence-corrected chi connectivity index (χ3v) is 2.69. The molecule has 0 spiro atoms. The van der Waals surface area contributed by atoms with Gasteiger partial charge < -0.3 is 20.1 Å². The average molecular weight is 252 g/mol. The SMILES string of the molecule is COc1ccc(CN(C)C(=O)CCN)c(OC)c1. The molecule has 0 heterocycles. The first-order valence-electron chi connectivity index (χ1n) is 5.77. The number of methoxy groups -OCH3 is 2. The van der Waals surface area contributed by atoms with Crippen LogP contribution in [0.5, 0.6) is 11.5 Å². The Hall–Kier alpha value is -1.75. The van der Waals surface area contributed by atoms with Gasteiger partial charge in [0, 0.05) is 38.2 Å². The van der Waals surface area contributed by atoms with Gasteiger partial charge in [-0.05, 0) is 12.1 Å². The Kier molecular flexibility index (Phi) is 5.45. The molecule has 5 heteroatoms. The topological polar surface area (TPSA) is 64.8 Å². The molecule has 0 saturated carbocycles. The summed E-state index contributed by atoms with van der Waals surface area (Å²) in [6, 6.07) is 5.54. The predicted molar refractivity (Wildman–Crippen MR) is 69.7 cm³/mol. The molecular formula is C13H20N2O3. The van der Waals surface area contributed by atoms with E-state index >= 15 is 0 Å². The van der Waals surface area contributed by atoms with Gasteiger partial charge in [0.05, 0.1) is 14.2 Å². The van der Waals surface area contributed by atoms with Crippen LogP contribution in [0.25, 0.3) is 0 Å². The van der Waals surface area contributed by atoms with Crippen LogP contribution in [0, 0.1) is 0 Å². The van der Waals surface area contributed by atoms with Gasteiger partial charge in [-0.2, -0.15) is 0 Å². The molecule has 0 radical (unpaired) electrons. The Balaban J connectivity index is 2.80. The number of ether oxygens (including phenoxy) is 2. The molecule has 0 fully saturated rings. The Bertz CT molecular complexity index is 407. The molecule has 0 aromatic heterocycles. The minimum Gasteiger partial charge on any atom is -0.497 e. The van der Waals surface area contributed by atoms with Gasteiger partial charge in [0.1, 0.15) is 11.5 Å². The molecule has 0 atom stereocenters. The van der Waals surface area contributed by atoms with E-state index in [0.29, 0.717) is 25.3 Å². The number of carbonyl (C=O) groups is 1. The summed E-state index contributed by atoms with van der Waals surface area (Å²) in [4.78, 5) is 13.3. The lowest BCUT2D eigenvalue weighted by molar-refractivity contribution is -0.130. The number of amides is 1. The summed E-state index contributed by atoms with van der Waals surface area (Å²) >= 11 is 0. The van der Waals surface area contributed by atoms with E-state index in [1.807, 2.05) is 12.1 Å². The Morgan fingerprint density at radius 2 is 2.06 bits per heavy atom. The summed E-state index contributed by atoms with van der Waals surface area (Å²) < 4.78 is 10.4. The maximum atomic E-state index is 11.7. The maximum Gasteiger partial charge on any atom is 0.223 e. The second kappa shape index (κ2) is 6.86. The van der Waals surface area contributed by atoms with E-state index in [1.165, 1.54) is 0 Å². The molecule has 2 N–H and O–H groups in total. The molecular weight excluding hydrogens is 232 g/mol. The zero-order chi connectivity index (χ0) is 13.5. The standard InChI is InChI=1S/C13H20N2O3/c1-15(13(16)6-7-14)9-10-4-5-11(17-2)8-12(10)18-3/h4-5,8H,6-7,9,14H2,1-3H3. The number of nitrogens with zero attached hydrogens (tertiary/aromatic N) is 1. The normalized spacial score (nSPS) is 10.0. The number of hydrogen-bond donors (Lipinski definition) is 1. The lowest BCUT2D eigenvalue weighted by Gasteiger charge is -2.19. The molecule has 1 amide bonds. The molecule has 1 rings (SSSR count). The van der Waals surface area contributed by atoms with Gasteiger partial charge in [-0.15, -0.1) is 0 Å². The summed E-state index contributed by atoms with van der Waals surface area (Å²) in [6.45, 7) is 0.856. The number of carbonyl (C=O) groups excluding carboxylic acids is 1. The van der Waals surface area contributed by atoms with Crippen molar-refractivity contribution in [3.63, 3.8) is 0 Å². The molecule has 0 aliphatic rings. The minimum absolute atomic E-state index is 0.0235. The zero-order valence-corrected chi connectivity index (χ0v) is 11.1. The van der Waals surface area contributed by atoms with Gasteiger partial charge >= 0.3 is 0 Å². The van der Waals surface area contributed by atoms with Gasteiger partial charge in [0.25, 0.3) is 0 Å². The molecule has 1 aromatic rings. The molecule has 0 unspecified atom stereocenters. The van der Waals surface area contributed by atoms with Gasteiger partial charge in [-0.1, -0.05) is 0 Å². The molecule has 5 nitrogen and oxygen atoms in total. The van der Waals surface area contributed by atoms with Gasteiger partial charge in [-0.25, -0.2) is 0 Å². The van der Waals surface area contributed by atoms with Gasteiger partial charge in [0.15, 0.2) is 0 Å². The molecule has 0 saturated heterocycles. The van der Waals surface area contributed by atoms with Crippen LogP contribution in [0.4, 0.5) is 0 Å². The van der Waals surface area contributed by atoms with Crippen LogP contribution in [0.2, 0.25) is 0 Å². The first kappa shape index (κ1) is 14.3. The lowest BCUT2D eigenvalue weighted by Crippen LogP contribution is -2.28. The van der Waals surface area contributed by atoms with Crippen LogP contribution < -0.4 is 15.2 Å². The summed E-state index contributed by atoms with van der Waals surface area (Å²) in [7, 11) is 4.95. The fourth-order valence-corrected chi connectivity index (χ4v) is 1.64. The summed E-state index contributed by atoms with van der Waals surface area (Å²) in [5.41, 5.74) is 6.30.